The van der Waals surface area contributed by atoms with Gasteiger partial charge in [-0.1, -0.05) is 52.3 Å². The maximum atomic E-state index is 12.9. The van der Waals surface area contributed by atoms with Crippen molar-refractivity contribution in [2.24, 2.45) is 0 Å². The molecule has 0 unspecified atom stereocenters. The van der Waals surface area contributed by atoms with E-state index < -0.39 is 5.91 Å². The van der Waals surface area contributed by atoms with E-state index in [1.165, 1.54) is 17.2 Å². The van der Waals surface area contributed by atoms with Crippen LogP contribution in [0.1, 0.15) is 34.7 Å². The van der Waals surface area contributed by atoms with Crippen LogP contribution < -0.4 is 19.5 Å². The van der Waals surface area contributed by atoms with Gasteiger partial charge in [0.25, 0.3) is 5.91 Å². The summed E-state index contributed by atoms with van der Waals surface area (Å²) >= 11 is 3.42. The molecule has 4 rings (SSSR count). The lowest BCUT2D eigenvalue weighted by Gasteiger charge is -2.13. The van der Waals surface area contributed by atoms with Gasteiger partial charge in [-0.2, -0.15) is 5.26 Å². The summed E-state index contributed by atoms with van der Waals surface area (Å²) in [6, 6.07) is 28.5. The number of anilines is 1. The van der Waals surface area contributed by atoms with Crippen molar-refractivity contribution in [3.8, 4) is 23.3 Å². The Balaban J connectivity index is 1.40. The number of aryl methyl sites for hydroxylation is 2. The highest BCUT2D eigenvalue weighted by molar-refractivity contribution is 9.10. The molecule has 1 amide bonds. The molecule has 0 saturated carbocycles. The molecule has 208 valence electrons. The topological polar surface area (TPSA) is 80.6 Å². The maximum absolute atomic E-state index is 12.9. The van der Waals surface area contributed by atoms with Crippen LogP contribution in [0.15, 0.2) is 95.0 Å². The van der Waals surface area contributed by atoms with Crippen LogP contribution in [-0.4, -0.2) is 12.5 Å². The van der Waals surface area contributed by atoms with Gasteiger partial charge in [0.2, 0.25) is 0 Å². The molecular formula is C34H31BrN2O4. The Kier molecular flexibility index (Phi) is 10.2. The number of carbonyl (C=O) groups is 1. The van der Waals surface area contributed by atoms with Crippen molar-refractivity contribution in [3.05, 3.63) is 123 Å². The normalized spacial score (nSPS) is 11.0. The molecule has 1 N–H and O–H groups in total. The minimum atomic E-state index is -0.510. The smallest absolute Gasteiger partial charge is 0.266 e. The second-order valence-electron chi connectivity index (χ2n) is 9.41. The summed E-state index contributed by atoms with van der Waals surface area (Å²) in [4.78, 5) is 12.9. The Labute approximate surface area is 249 Å². The lowest BCUT2D eigenvalue weighted by Crippen LogP contribution is -2.13. The number of rotatable bonds is 11. The molecule has 0 saturated heterocycles. The molecule has 4 aromatic rings. The van der Waals surface area contributed by atoms with Crippen LogP contribution in [0.2, 0.25) is 0 Å². The summed E-state index contributed by atoms with van der Waals surface area (Å²) in [6.45, 7) is 7.32. The predicted molar refractivity (Wildman–Crippen MR) is 165 cm³/mol. The van der Waals surface area contributed by atoms with E-state index in [0.717, 1.165) is 15.6 Å². The SMILES string of the molecule is CCOc1cc(/C=C(\C#N)C(=O)Nc2ccc(OCc3ccc(Br)cc3)cc2)ccc1OCc1ccc(C)c(C)c1. The van der Waals surface area contributed by atoms with E-state index in [-0.39, 0.29) is 5.57 Å². The van der Waals surface area contributed by atoms with Crippen molar-refractivity contribution in [1.82, 2.24) is 0 Å². The molecule has 0 aliphatic carbocycles. The van der Waals surface area contributed by atoms with Gasteiger partial charge in [-0.3, -0.25) is 4.79 Å². The first kappa shape index (κ1) is 29.4. The van der Waals surface area contributed by atoms with Gasteiger partial charge in [0, 0.05) is 10.2 Å². The third-order valence-corrected chi connectivity index (χ3v) is 6.87. The summed E-state index contributed by atoms with van der Waals surface area (Å²) in [6.07, 6.45) is 1.53. The van der Waals surface area contributed by atoms with E-state index in [9.17, 15) is 10.1 Å². The Morgan fingerprint density at radius 3 is 2.22 bits per heavy atom. The molecule has 0 radical (unpaired) electrons. The molecule has 0 aliphatic heterocycles. The van der Waals surface area contributed by atoms with Crippen molar-refractivity contribution in [2.45, 2.75) is 34.0 Å². The van der Waals surface area contributed by atoms with Crippen LogP contribution in [0, 0.1) is 25.2 Å². The number of nitrogens with one attached hydrogen (secondary N) is 1. The molecule has 0 bridgehead atoms. The Morgan fingerprint density at radius 1 is 0.829 bits per heavy atom. The maximum Gasteiger partial charge on any atom is 0.266 e. The van der Waals surface area contributed by atoms with E-state index >= 15 is 0 Å². The number of ether oxygens (including phenoxy) is 3. The minimum absolute atomic E-state index is 0.0354. The number of hydrogen-bond donors (Lipinski definition) is 1. The summed E-state index contributed by atoms with van der Waals surface area (Å²) in [7, 11) is 0. The highest BCUT2D eigenvalue weighted by Gasteiger charge is 2.12. The fourth-order valence-corrected chi connectivity index (χ4v) is 4.22. The van der Waals surface area contributed by atoms with E-state index in [1.807, 2.05) is 43.3 Å². The first-order valence-electron chi connectivity index (χ1n) is 13.2. The molecule has 4 aromatic carbocycles. The van der Waals surface area contributed by atoms with Gasteiger partial charge in [-0.25, -0.2) is 0 Å². The monoisotopic (exact) mass is 610 g/mol. The van der Waals surface area contributed by atoms with Crippen molar-refractivity contribution >= 4 is 33.6 Å². The van der Waals surface area contributed by atoms with Crippen LogP contribution in [0.5, 0.6) is 17.2 Å². The first-order chi connectivity index (χ1) is 19.8. The van der Waals surface area contributed by atoms with Gasteiger partial charge >= 0.3 is 0 Å². The second kappa shape index (κ2) is 14.2. The molecule has 0 spiro atoms. The number of carbonyl (C=O) groups excluding carboxylic acids is 1. The molecule has 0 heterocycles. The molecule has 0 aliphatic rings. The molecular weight excluding hydrogens is 580 g/mol. The van der Waals surface area contributed by atoms with Crippen LogP contribution in [0.25, 0.3) is 6.08 Å². The predicted octanol–water partition coefficient (Wildman–Crippen LogP) is 8.17. The average molecular weight is 612 g/mol. The van der Waals surface area contributed by atoms with E-state index in [4.69, 9.17) is 14.2 Å². The standard InChI is InChI=1S/C34H31BrN2O4/c1-4-39-33-19-26(9-16-32(33)41-22-27-6-5-23(2)24(3)17-27)18-28(20-36)34(38)37-30-12-14-31(15-13-30)40-21-25-7-10-29(35)11-8-25/h5-19H,4,21-22H2,1-3H3,(H,37,38)/b28-18+. The van der Waals surface area contributed by atoms with E-state index in [1.54, 1.807) is 42.5 Å². The van der Waals surface area contributed by atoms with Gasteiger partial charge in [0.15, 0.2) is 11.5 Å². The zero-order valence-corrected chi connectivity index (χ0v) is 24.8. The fourth-order valence-electron chi connectivity index (χ4n) is 3.95. The van der Waals surface area contributed by atoms with Crippen LogP contribution >= 0.6 is 15.9 Å². The number of nitriles is 1. The van der Waals surface area contributed by atoms with Crippen molar-refractivity contribution in [3.63, 3.8) is 0 Å². The molecule has 0 aromatic heterocycles. The molecule has 0 fully saturated rings. The third-order valence-electron chi connectivity index (χ3n) is 6.34. The van der Waals surface area contributed by atoms with Gasteiger partial charge in [-0.15, -0.1) is 0 Å². The highest BCUT2D eigenvalue weighted by atomic mass is 79.9. The Bertz CT molecular complexity index is 1570. The summed E-state index contributed by atoms with van der Waals surface area (Å²) in [5.41, 5.74) is 5.71. The zero-order chi connectivity index (χ0) is 29.2. The molecule has 41 heavy (non-hydrogen) atoms. The fraction of sp³-hybridized carbons (Fsp3) is 0.176. The van der Waals surface area contributed by atoms with Gasteiger partial charge in [-0.05, 0) is 103 Å². The number of benzene rings is 4. The van der Waals surface area contributed by atoms with E-state index in [2.05, 4.69) is 47.2 Å². The second-order valence-corrected chi connectivity index (χ2v) is 10.3. The average Bonchev–Trinajstić information content (AvgIpc) is 2.97. The van der Waals surface area contributed by atoms with Crippen molar-refractivity contribution in [2.75, 3.05) is 11.9 Å². The quantitative estimate of drug-likeness (QED) is 0.137. The largest absolute Gasteiger partial charge is 0.490 e. The van der Waals surface area contributed by atoms with Crippen LogP contribution in [0.4, 0.5) is 5.69 Å². The third kappa shape index (κ3) is 8.47. The number of nitrogens with zero attached hydrogens (tertiary/aromatic N) is 1. The van der Waals surface area contributed by atoms with Gasteiger partial charge < -0.3 is 19.5 Å². The van der Waals surface area contributed by atoms with Gasteiger partial charge in [0.05, 0.1) is 6.61 Å². The van der Waals surface area contributed by atoms with Crippen LogP contribution in [-0.2, 0) is 18.0 Å². The zero-order valence-electron chi connectivity index (χ0n) is 23.2. The number of halogens is 1. The van der Waals surface area contributed by atoms with Crippen LogP contribution in [0.3, 0.4) is 0 Å². The van der Waals surface area contributed by atoms with Crippen molar-refractivity contribution in [1.29, 1.82) is 5.26 Å². The molecule has 7 heteroatoms. The summed E-state index contributed by atoms with van der Waals surface area (Å²) < 4.78 is 18.7. The lowest BCUT2D eigenvalue weighted by atomic mass is 10.1. The van der Waals surface area contributed by atoms with Gasteiger partial charge in [0.1, 0.15) is 30.6 Å². The summed E-state index contributed by atoms with van der Waals surface area (Å²) in [5.74, 6) is 1.29. The Morgan fingerprint density at radius 2 is 1.54 bits per heavy atom. The molecule has 6 nitrogen and oxygen atoms in total. The van der Waals surface area contributed by atoms with E-state index in [0.29, 0.717) is 48.3 Å². The number of hydrogen-bond acceptors (Lipinski definition) is 5. The number of amides is 1. The molecule has 0 atom stereocenters. The first-order valence-corrected chi connectivity index (χ1v) is 14.0. The lowest BCUT2D eigenvalue weighted by molar-refractivity contribution is -0.112. The minimum Gasteiger partial charge on any atom is -0.490 e. The van der Waals surface area contributed by atoms with Crippen molar-refractivity contribution < 1.29 is 19.0 Å². The Hall–Kier alpha value is -4.54. The highest BCUT2D eigenvalue weighted by Crippen LogP contribution is 2.30. The summed E-state index contributed by atoms with van der Waals surface area (Å²) in [5, 5.41) is 12.5.